The summed E-state index contributed by atoms with van der Waals surface area (Å²) in [5.74, 6) is -2.08. The Hall–Kier alpha value is -3.72. The number of alkyl carbamates (subject to hydrolysis) is 1. The smallest absolute Gasteiger partial charge is 0.407 e. The number of benzene rings is 2. The molecular formula is C25H22BrN3O5. The van der Waals surface area contributed by atoms with Crippen LogP contribution in [0, 0.1) is 6.92 Å². The number of fused-ring (bicyclic) bond motifs is 3. The van der Waals surface area contributed by atoms with Gasteiger partial charge in [0.05, 0.1) is 12.1 Å². The fraction of sp³-hybridized carbons (Fsp3) is 0.200. The van der Waals surface area contributed by atoms with Gasteiger partial charge in [0, 0.05) is 12.1 Å². The predicted octanol–water partition coefficient (Wildman–Crippen LogP) is 4.47. The molecule has 0 saturated heterocycles. The van der Waals surface area contributed by atoms with E-state index in [4.69, 9.17) is 4.74 Å². The van der Waals surface area contributed by atoms with Crippen LogP contribution in [0.5, 0.6) is 0 Å². The number of carbonyl (C=O) groups is 3. The van der Waals surface area contributed by atoms with Crippen LogP contribution in [0.3, 0.4) is 0 Å². The third-order valence-electron chi connectivity index (χ3n) is 5.56. The van der Waals surface area contributed by atoms with Gasteiger partial charge in [-0.1, -0.05) is 48.5 Å². The number of carbonyl (C=O) groups excluding carboxylic acids is 2. The van der Waals surface area contributed by atoms with Crippen molar-refractivity contribution >= 4 is 39.6 Å². The number of hydrogen-bond donors (Lipinski definition) is 3. The van der Waals surface area contributed by atoms with E-state index in [1.807, 2.05) is 48.5 Å². The highest BCUT2D eigenvalue weighted by Crippen LogP contribution is 2.44. The Bertz CT molecular complexity index is 1220. The molecule has 2 amide bonds. The SMILES string of the molecule is Cc1cnc(Br)c(NC(=O)C(CC(=O)O)NC(=O)OCC2c3ccccc3-c3ccccc32)c1. The number of ether oxygens (including phenoxy) is 1. The Morgan fingerprint density at radius 2 is 1.71 bits per heavy atom. The minimum Gasteiger partial charge on any atom is -0.481 e. The van der Waals surface area contributed by atoms with Crippen LogP contribution in [0.4, 0.5) is 10.5 Å². The molecule has 0 radical (unpaired) electrons. The normalized spacial score (nSPS) is 12.9. The highest BCUT2D eigenvalue weighted by atomic mass is 79.9. The fourth-order valence-electron chi connectivity index (χ4n) is 4.03. The summed E-state index contributed by atoms with van der Waals surface area (Å²) in [6, 6.07) is 16.2. The summed E-state index contributed by atoms with van der Waals surface area (Å²) in [6.45, 7) is 1.85. The van der Waals surface area contributed by atoms with Gasteiger partial charge in [0.25, 0.3) is 0 Å². The number of carboxylic acids is 1. The van der Waals surface area contributed by atoms with Gasteiger partial charge in [-0.3, -0.25) is 9.59 Å². The van der Waals surface area contributed by atoms with E-state index in [1.54, 1.807) is 19.2 Å². The first kappa shape index (κ1) is 23.4. The van der Waals surface area contributed by atoms with Crippen molar-refractivity contribution < 1.29 is 24.2 Å². The molecule has 0 saturated carbocycles. The van der Waals surface area contributed by atoms with Crippen molar-refractivity contribution in [2.75, 3.05) is 11.9 Å². The van der Waals surface area contributed by atoms with E-state index in [1.165, 1.54) is 0 Å². The van der Waals surface area contributed by atoms with Crippen molar-refractivity contribution in [1.82, 2.24) is 10.3 Å². The molecule has 0 aliphatic heterocycles. The van der Waals surface area contributed by atoms with E-state index in [0.717, 1.165) is 27.8 Å². The van der Waals surface area contributed by atoms with Crippen LogP contribution in [-0.2, 0) is 14.3 Å². The lowest BCUT2D eigenvalue weighted by atomic mass is 9.98. The second kappa shape index (κ2) is 10.0. The third-order valence-corrected chi connectivity index (χ3v) is 6.20. The Morgan fingerprint density at radius 3 is 2.32 bits per heavy atom. The van der Waals surface area contributed by atoms with E-state index in [9.17, 15) is 19.5 Å². The number of pyridine rings is 1. The Morgan fingerprint density at radius 1 is 1.09 bits per heavy atom. The molecule has 4 rings (SSSR count). The molecule has 2 aromatic carbocycles. The van der Waals surface area contributed by atoms with Crippen LogP contribution >= 0.6 is 15.9 Å². The number of aromatic nitrogens is 1. The Kier molecular flexibility index (Phi) is 6.93. The van der Waals surface area contributed by atoms with Crippen molar-refractivity contribution in [1.29, 1.82) is 0 Å². The van der Waals surface area contributed by atoms with Crippen LogP contribution in [0.15, 0.2) is 65.4 Å². The van der Waals surface area contributed by atoms with E-state index in [2.05, 4.69) is 31.5 Å². The molecular weight excluding hydrogens is 502 g/mol. The second-order valence-electron chi connectivity index (χ2n) is 7.96. The molecule has 1 aromatic heterocycles. The number of carboxylic acid groups (broad SMARTS) is 1. The summed E-state index contributed by atoms with van der Waals surface area (Å²) in [5, 5.41) is 14.2. The zero-order chi connectivity index (χ0) is 24.2. The first-order valence-corrected chi connectivity index (χ1v) is 11.4. The van der Waals surface area contributed by atoms with E-state index in [0.29, 0.717) is 10.3 Å². The zero-order valence-corrected chi connectivity index (χ0v) is 19.8. The zero-order valence-electron chi connectivity index (χ0n) is 18.2. The van der Waals surface area contributed by atoms with E-state index >= 15 is 0 Å². The molecule has 1 aliphatic rings. The molecule has 3 aromatic rings. The van der Waals surface area contributed by atoms with Gasteiger partial charge in [0.15, 0.2) is 0 Å². The first-order valence-electron chi connectivity index (χ1n) is 10.6. The molecule has 174 valence electrons. The van der Waals surface area contributed by atoms with Crippen molar-refractivity contribution in [3.8, 4) is 11.1 Å². The second-order valence-corrected chi connectivity index (χ2v) is 8.71. The molecule has 0 fully saturated rings. The largest absolute Gasteiger partial charge is 0.481 e. The van der Waals surface area contributed by atoms with Crippen molar-refractivity contribution in [3.63, 3.8) is 0 Å². The summed E-state index contributed by atoms with van der Waals surface area (Å²) in [6.07, 6.45) is 0.140. The van der Waals surface area contributed by atoms with Gasteiger partial charge < -0.3 is 20.5 Å². The van der Waals surface area contributed by atoms with Crippen LogP contribution in [0.25, 0.3) is 11.1 Å². The summed E-state index contributed by atoms with van der Waals surface area (Å²) in [4.78, 5) is 40.7. The number of nitrogens with one attached hydrogen (secondary N) is 2. The number of rotatable bonds is 7. The fourth-order valence-corrected chi connectivity index (χ4v) is 4.34. The maximum atomic E-state index is 12.7. The lowest BCUT2D eigenvalue weighted by Crippen LogP contribution is -2.45. The van der Waals surface area contributed by atoms with Crippen LogP contribution in [-0.4, -0.2) is 40.7 Å². The lowest BCUT2D eigenvalue weighted by molar-refractivity contribution is -0.139. The highest BCUT2D eigenvalue weighted by Gasteiger charge is 2.30. The predicted molar refractivity (Wildman–Crippen MR) is 130 cm³/mol. The lowest BCUT2D eigenvalue weighted by Gasteiger charge is -2.19. The Labute approximate surface area is 204 Å². The average Bonchev–Trinajstić information content (AvgIpc) is 3.13. The molecule has 1 atom stereocenters. The Balaban J connectivity index is 1.44. The maximum Gasteiger partial charge on any atom is 0.407 e. The van der Waals surface area contributed by atoms with E-state index < -0.39 is 30.4 Å². The quantitative estimate of drug-likeness (QED) is 0.393. The molecule has 0 spiro atoms. The van der Waals surface area contributed by atoms with Crippen LogP contribution in [0.1, 0.15) is 29.0 Å². The van der Waals surface area contributed by atoms with Gasteiger partial charge >= 0.3 is 12.1 Å². The van der Waals surface area contributed by atoms with E-state index in [-0.39, 0.29) is 12.5 Å². The number of nitrogens with zero attached hydrogens (tertiary/aromatic N) is 1. The molecule has 8 nitrogen and oxygen atoms in total. The molecule has 1 heterocycles. The maximum absolute atomic E-state index is 12.7. The van der Waals surface area contributed by atoms with Gasteiger partial charge in [-0.25, -0.2) is 9.78 Å². The number of aliphatic carboxylic acids is 1. The molecule has 9 heteroatoms. The van der Waals surface area contributed by atoms with Gasteiger partial charge in [-0.05, 0) is 56.7 Å². The first-order chi connectivity index (χ1) is 16.3. The van der Waals surface area contributed by atoms with Gasteiger partial charge in [0.2, 0.25) is 5.91 Å². The standard InChI is InChI=1S/C25H22BrN3O5/c1-14-10-20(23(26)27-12-14)28-24(32)21(11-22(30)31)29-25(33)34-13-19-17-8-4-2-6-15(17)16-7-3-5-9-18(16)19/h2-10,12,19,21H,11,13H2,1H3,(H,28,32)(H,29,33)(H,30,31). The van der Waals surface area contributed by atoms with Crippen LogP contribution < -0.4 is 10.6 Å². The van der Waals surface area contributed by atoms with Gasteiger partial charge in [0.1, 0.15) is 17.3 Å². The number of aryl methyl sites for hydroxylation is 1. The third kappa shape index (κ3) is 5.09. The number of amides is 2. The summed E-state index contributed by atoms with van der Waals surface area (Å²) in [7, 11) is 0. The van der Waals surface area contributed by atoms with Crippen molar-refractivity contribution in [2.24, 2.45) is 0 Å². The van der Waals surface area contributed by atoms with Crippen molar-refractivity contribution in [3.05, 3.63) is 82.1 Å². The summed E-state index contributed by atoms with van der Waals surface area (Å²) < 4.78 is 5.84. The number of halogens is 1. The highest BCUT2D eigenvalue weighted by molar-refractivity contribution is 9.10. The molecule has 1 aliphatic carbocycles. The van der Waals surface area contributed by atoms with Gasteiger partial charge in [-0.15, -0.1) is 0 Å². The minimum atomic E-state index is -1.33. The van der Waals surface area contributed by atoms with Crippen LogP contribution in [0.2, 0.25) is 0 Å². The topological polar surface area (TPSA) is 118 Å². The number of anilines is 1. The molecule has 1 unspecified atom stereocenters. The molecule has 34 heavy (non-hydrogen) atoms. The van der Waals surface area contributed by atoms with Gasteiger partial charge in [-0.2, -0.15) is 0 Å². The average molecular weight is 524 g/mol. The summed E-state index contributed by atoms with van der Waals surface area (Å²) in [5.41, 5.74) is 5.45. The minimum absolute atomic E-state index is 0.0502. The van der Waals surface area contributed by atoms with Crippen molar-refractivity contribution in [2.45, 2.75) is 25.3 Å². The molecule has 0 bridgehead atoms. The monoisotopic (exact) mass is 523 g/mol. The summed E-state index contributed by atoms with van der Waals surface area (Å²) >= 11 is 3.24. The number of hydrogen-bond acceptors (Lipinski definition) is 5. The molecule has 3 N–H and O–H groups in total.